The first-order chi connectivity index (χ1) is 20.3. The van der Waals surface area contributed by atoms with Gasteiger partial charge in [-0.1, -0.05) is 126 Å². The van der Waals surface area contributed by atoms with Gasteiger partial charge in [0.05, 0.1) is 0 Å². The van der Waals surface area contributed by atoms with Crippen molar-refractivity contribution in [2.75, 3.05) is 0 Å². The summed E-state index contributed by atoms with van der Waals surface area (Å²) >= 11 is 0. The van der Waals surface area contributed by atoms with E-state index in [1.807, 2.05) is 86.6 Å². The summed E-state index contributed by atoms with van der Waals surface area (Å²) in [5, 5.41) is 0. The molecular formula is C39H33F3. The number of rotatable bonds is 3. The van der Waals surface area contributed by atoms with Crippen molar-refractivity contribution >= 4 is 0 Å². The predicted molar refractivity (Wildman–Crippen MR) is 170 cm³/mol. The minimum absolute atomic E-state index is 0.192. The molecule has 0 aliphatic rings. The highest BCUT2D eigenvalue weighted by atomic mass is 19.1. The summed E-state index contributed by atoms with van der Waals surface area (Å²) in [6.45, 7) is 6.12. The molecule has 6 aromatic carbocycles. The van der Waals surface area contributed by atoms with Crippen molar-refractivity contribution < 1.29 is 13.2 Å². The highest BCUT2D eigenvalue weighted by Crippen LogP contribution is 2.22. The summed E-state index contributed by atoms with van der Waals surface area (Å²) in [6.07, 6.45) is 0. The lowest BCUT2D eigenvalue weighted by molar-refractivity contribution is 0.627. The molecule has 0 aromatic heterocycles. The van der Waals surface area contributed by atoms with Crippen LogP contribution in [0.3, 0.4) is 0 Å². The van der Waals surface area contributed by atoms with E-state index in [0.717, 1.165) is 33.4 Å². The van der Waals surface area contributed by atoms with Gasteiger partial charge in [0, 0.05) is 0 Å². The quantitative estimate of drug-likeness (QED) is 0.203. The van der Waals surface area contributed by atoms with E-state index in [-0.39, 0.29) is 17.5 Å². The Kier molecular flexibility index (Phi) is 10.5. The first-order valence-corrected chi connectivity index (χ1v) is 13.7. The fraction of sp³-hybridized carbons (Fsp3) is 0.0769. The molecule has 0 bridgehead atoms. The van der Waals surface area contributed by atoms with Crippen LogP contribution in [0.15, 0.2) is 146 Å². The zero-order valence-electron chi connectivity index (χ0n) is 24.0. The molecule has 0 atom stereocenters. The molecule has 0 saturated heterocycles. The van der Waals surface area contributed by atoms with Gasteiger partial charge in [-0.15, -0.1) is 0 Å². The molecule has 0 N–H and O–H groups in total. The SMILES string of the molecule is Cc1ccc(-c2ccc(F)cc2)cc1.Cc1ccc(-c2cccc(F)c2)cc1.Cc1ccc(-c2cccc(F)c2)cc1. The molecule has 0 radical (unpaired) electrons. The molecule has 3 heteroatoms. The monoisotopic (exact) mass is 558 g/mol. The predicted octanol–water partition coefficient (Wildman–Crippen LogP) is 11.4. The molecule has 42 heavy (non-hydrogen) atoms. The molecule has 0 unspecified atom stereocenters. The Balaban J connectivity index is 0.000000145. The van der Waals surface area contributed by atoms with E-state index in [4.69, 9.17) is 0 Å². The highest BCUT2D eigenvalue weighted by molar-refractivity contribution is 5.65. The van der Waals surface area contributed by atoms with Gasteiger partial charge in [-0.2, -0.15) is 0 Å². The smallest absolute Gasteiger partial charge is 0.123 e. The van der Waals surface area contributed by atoms with E-state index in [0.29, 0.717) is 0 Å². The molecule has 0 heterocycles. The first kappa shape index (κ1) is 30.1. The second-order valence-corrected chi connectivity index (χ2v) is 10.1. The van der Waals surface area contributed by atoms with Crippen LogP contribution < -0.4 is 0 Å². The third-order valence-electron chi connectivity index (χ3n) is 6.65. The lowest BCUT2D eigenvalue weighted by Gasteiger charge is -2.01. The summed E-state index contributed by atoms with van der Waals surface area (Å²) in [7, 11) is 0. The summed E-state index contributed by atoms with van der Waals surface area (Å²) in [4.78, 5) is 0. The van der Waals surface area contributed by atoms with Gasteiger partial charge < -0.3 is 0 Å². The number of benzene rings is 6. The van der Waals surface area contributed by atoms with Crippen molar-refractivity contribution in [3.8, 4) is 33.4 Å². The van der Waals surface area contributed by atoms with Crippen LogP contribution >= 0.6 is 0 Å². The number of halogens is 3. The summed E-state index contributed by atoms with van der Waals surface area (Å²) in [5.41, 5.74) is 9.77. The maximum absolute atomic E-state index is 12.9. The Morgan fingerprint density at radius 2 is 0.571 bits per heavy atom. The van der Waals surface area contributed by atoms with E-state index in [9.17, 15) is 13.2 Å². The van der Waals surface area contributed by atoms with Gasteiger partial charge in [0.15, 0.2) is 0 Å². The van der Waals surface area contributed by atoms with Gasteiger partial charge in [-0.05, 0) is 90.6 Å². The average molecular weight is 559 g/mol. The standard InChI is InChI=1S/3C13H11F/c1-10-2-4-11(5-3-10)12-6-8-13(14)9-7-12;2*1-10-5-7-11(8-6-10)12-3-2-4-13(14)9-12/h3*2-9H,1H3. The molecule has 0 saturated carbocycles. The lowest BCUT2D eigenvalue weighted by Crippen LogP contribution is -1.80. The van der Waals surface area contributed by atoms with E-state index in [1.54, 1.807) is 36.4 Å². The zero-order valence-corrected chi connectivity index (χ0v) is 24.0. The van der Waals surface area contributed by atoms with E-state index in [1.165, 1.54) is 41.0 Å². The molecule has 0 fully saturated rings. The van der Waals surface area contributed by atoms with Gasteiger partial charge in [0.25, 0.3) is 0 Å². The van der Waals surface area contributed by atoms with E-state index < -0.39 is 0 Å². The fourth-order valence-corrected chi connectivity index (χ4v) is 4.22. The molecule has 6 aromatic rings. The van der Waals surface area contributed by atoms with Gasteiger partial charge in [0.2, 0.25) is 0 Å². The van der Waals surface area contributed by atoms with Crippen LogP contribution in [0.25, 0.3) is 33.4 Å². The van der Waals surface area contributed by atoms with Crippen LogP contribution in [0.2, 0.25) is 0 Å². The highest BCUT2D eigenvalue weighted by Gasteiger charge is 1.99. The van der Waals surface area contributed by atoms with Crippen LogP contribution in [-0.4, -0.2) is 0 Å². The molecule has 0 amide bonds. The summed E-state index contributed by atoms with van der Waals surface area (Å²) in [6, 6.07) is 44.2. The Morgan fingerprint density at radius 1 is 0.286 bits per heavy atom. The lowest BCUT2D eigenvalue weighted by atomic mass is 10.0. The molecule has 6 rings (SSSR count). The largest absolute Gasteiger partial charge is 0.207 e. The van der Waals surface area contributed by atoms with Crippen LogP contribution in [0.1, 0.15) is 16.7 Å². The van der Waals surface area contributed by atoms with Gasteiger partial charge in [-0.3, -0.25) is 0 Å². The third kappa shape index (κ3) is 9.07. The maximum atomic E-state index is 12.9. The van der Waals surface area contributed by atoms with Gasteiger partial charge in [0.1, 0.15) is 17.5 Å². The number of hydrogen-bond donors (Lipinski definition) is 0. The Hall–Kier alpha value is -4.89. The van der Waals surface area contributed by atoms with Gasteiger partial charge >= 0.3 is 0 Å². The van der Waals surface area contributed by atoms with Crippen molar-refractivity contribution in [1.82, 2.24) is 0 Å². The molecule has 0 spiro atoms. The second-order valence-electron chi connectivity index (χ2n) is 10.1. The molecule has 0 nitrogen and oxygen atoms in total. The van der Waals surface area contributed by atoms with E-state index in [2.05, 4.69) is 19.1 Å². The van der Waals surface area contributed by atoms with Crippen LogP contribution in [0.4, 0.5) is 13.2 Å². The minimum atomic E-state index is -0.194. The first-order valence-electron chi connectivity index (χ1n) is 13.7. The molecule has 0 aliphatic carbocycles. The Bertz CT molecular complexity index is 1550. The number of aryl methyl sites for hydroxylation is 3. The van der Waals surface area contributed by atoms with Crippen molar-refractivity contribution in [2.45, 2.75) is 20.8 Å². The Labute approximate surface area is 246 Å². The molecule has 210 valence electrons. The third-order valence-corrected chi connectivity index (χ3v) is 6.65. The second kappa shape index (κ2) is 14.7. The van der Waals surface area contributed by atoms with Crippen molar-refractivity contribution in [1.29, 1.82) is 0 Å². The zero-order chi connectivity index (χ0) is 29.9. The molecular weight excluding hydrogens is 525 g/mol. The topological polar surface area (TPSA) is 0 Å². The van der Waals surface area contributed by atoms with Crippen molar-refractivity contribution in [3.05, 3.63) is 180 Å². The van der Waals surface area contributed by atoms with Gasteiger partial charge in [-0.25, -0.2) is 13.2 Å². The van der Waals surface area contributed by atoms with Crippen LogP contribution in [-0.2, 0) is 0 Å². The Morgan fingerprint density at radius 3 is 0.881 bits per heavy atom. The summed E-state index contributed by atoms with van der Waals surface area (Å²) in [5.74, 6) is -0.577. The van der Waals surface area contributed by atoms with Crippen LogP contribution in [0, 0.1) is 38.2 Å². The van der Waals surface area contributed by atoms with Crippen molar-refractivity contribution in [3.63, 3.8) is 0 Å². The fourth-order valence-electron chi connectivity index (χ4n) is 4.22. The summed E-state index contributed by atoms with van der Waals surface area (Å²) < 4.78 is 38.5. The minimum Gasteiger partial charge on any atom is -0.207 e. The van der Waals surface area contributed by atoms with Crippen LogP contribution in [0.5, 0.6) is 0 Å². The van der Waals surface area contributed by atoms with Crippen molar-refractivity contribution in [2.24, 2.45) is 0 Å². The maximum Gasteiger partial charge on any atom is 0.123 e. The van der Waals surface area contributed by atoms with E-state index >= 15 is 0 Å². The normalized spacial score (nSPS) is 10.1. The molecule has 0 aliphatic heterocycles. The average Bonchev–Trinajstić information content (AvgIpc) is 3.00. The number of hydrogen-bond acceptors (Lipinski definition) is 0.